The lowest BCUT2D eigenvalue weighted by Crippen LogP contribution is -2.54. The van der Waals surface area contributed by atoms with Crippen LogP contribution in [0.1, 0.15) is 20.8 Å². The van der Waals surface area contributed by atoms with Gasteiger partial charge in [0.25, 0.3) is 0 Å². The van der Waals surface area contributed by atoms with Crippen molar-refractivity contribution in [3.05, 3.63) is 0 Å². The first-order chi connectivity index (χ1) is 5.51. The van der Waals surface area contributed by atoms with E-state index in [0.717, 1.165) is 13.1 Å². The van der Waals surface area contributed by atoms with Gasteiger partial charge in [0.1, 0.15) is 6.67 Å². The Balaban J connectivity index is 2.10. The number of halogens is 1. The Hall–Kier alpha value is -0.150. The van der Waals surface area contributed by atoms with Crippen LogP contribution in [0.3, 0.4) is 0 Å². The van der Waals surface area contributed by atoms with E-state index in [1.807, 2.05) is 20.8 Å². The molecule has 0 aromatic carbocycles. The summed E-state index contributed by atoms with van der Waals surface area (Å²) in [4.78, 5) is 2.07. The second kappa shape index (κ2) is 3.71. The van der Waals surface area contributed by atoms with E-state index in [-0.39, 0.29) is 12.3 Å². The van der Waals surface area contributed by atoms with Gasteiger partial charge in [0, 0.05) is 19.6 Å². The van der Waals surface area contributed by atoms with Crippen molar-refractivity contribution in [3.8, 4) is 0 Å². The average Bonchev–Trinajstić information content (AvgIpc) is 1.80. The Bertz CT molecular complexity index is 138. The molecule has 0 aliphatic carbocycles. The minimum atomic E-state index is -0.248. The van der Waals surface area contributed by atoms with Crippen molar-refractivity contribution in [3.63, 3.8) is 0 Å². The third-order valence-electron chi connectivity index (χ3n) is 1.84. The second-order valence-corrected chi connectivity index (χ2v) is 4.30. The summed E-state index contributed by atoms with van der Waals surface area (Å²) < 4.78 is 17.5. The molecule has 1 aliphatic rings. The Morgan fingerprint density at radius 2 is 2.00 bits per heavy atom. The summed E-state index contributed by atoms with van der Waals surface area (Å²) in [5, 5.41) is 0. The molecule has 1 heterocycles. The van der Waals surface area contributed by atoms with Crippen LogP contribution in [-0.2, 0) is 4.74 Å². The fraction of sp³-hybridized carbons (Fsp3) is 1.00. The molecule has 0 radical (unpaired) electrons. The van der Waals surface area contributed by atoms with Crippen LogP contribution >= 0.6 is 0 Å². The largest absolute Gasteiger partial charge is 0.370 e. The van der Waals surface area contributed by atoms with Gasteiger partial charge in [-0.25, -0.2) is 4.39 Å². The van der Waals surface area contributed by atoms with E-state index in [1.165, 1.54) is 0 Å². The Morgan fingerprint density at radius 1 is 1.42 bits per heavy atom. The van der Waals surface area contributed by atoms with Gasteiger partial charge in [-0.1, -0.05) is 0 Å². The van der Waals surface area contributed by atoms with Crippen LogP contribution in [0, 0.1) is 0 Å². The minimum Gasteiger partial charge on any atom is -0.370 e. The van der Waals surface area contributed by atoms with Gasteiger partial charge >= 0.3 is 0 Å². The normalized spacial score (nSPS) is 21.0. The highest BCUT2D eigenvalue weighted by Crippen LogP contribution is 2.18. The maximum atomic E-state index is 11.8. The summed E-state index contributed by atoms with van der Waals surface area (Å²) in [5.74, 6) is 0. The quantitative estimate of drug-likeness (QED) is 0.644. The van der Waals surface area contributed by atoms with E-state index >= 15 is 0 Å². The van der Waals surface area contributed by atoms with Crippen LogP contribution in [-0.4, -0.2) is 42.9 Å². The molecule has 0 aromatic rings. The topological polar surface area (TPSA) is 12.5 Å². The molecule has 1 fully saturated rings. The van der Waals surface area contributed by atoms with Crippen LogP contribution in [0.5, 0.6) is 0 Å². The number of ether oxygens (including phenoxy) is 1. The molecule has 2 nitrogen and oxygen atoms in total. The molecule has 3 heteroatoms. The molecule has 12 heavy (non-hydrogen) atoms. The molecular formula is C9H18FNO. The van der Waals surface area contributed by atoms with Gasteiger partial charge in [0.15, 0.2) is 0 Å². The number of alkyl halides is 1. The van der Waals surface area contributed by atoms with Crippen molar-refractivity contribution >= 4 is 0 Å². The molecule has 1 rings (SSSR count). The van der Waals surface area contributed by atoms with Crippen LogP contribution in [0.15, 0.2) is 0 Å². The van der Waals surface area contributed by atoms with E-state index in [1.54, 1.807) is 0 Å². The molecule has 0 spiro atoms. The predicted octanol–water partition coefficient (Wildman–Crippen LogP) is 1.46. The number of hydrogen-bond donors (Lipinski definition) is 0. The highest BCUT2D eigenvalue weighted by molar-refractivity contribution is 4.82. The van der Waals surface area contributed by atoms with Crippen molar-refractivity contribution < 1.29 is 9.13 Å². The number of nitrogens with zero attached hydrogens (tertiary/aromatic N) is 1. The second-order valence-electron chi connectivity index (χ2n) is 4.30. The van der Waals surface area contributed by atoms with Crippen LogP contribution < -0.4 is 0 Å². The summed E-state index contributed by atoms with van der Waals surface area (Å²) >= 11 is 0. The summed E-state index contributed by atoms with van der Waals surface area (Å²) in [7, 11) is 0. The summed E-state index contributed by atoms with van der Waals surface area (Å²) in [6.07, 6.45) is 0.316. The highest BCUT2D eigenvalue weighted by atomic mass is 19.1. The molecular weight excluding hydrogens is 157 g/mol. The monoisotopic (exact) mass is 175 g/mol. The van der Waals surface area contributed by atoms with Crippen LogP contribution in [0.4, 0.5) is 4.39 Å². The first kappa shape index (κ1) is 9.93. The molecule has 0 atom stereocenters. The standard InChI is InChI=1S/C9H18FNO/c1-9(2,3)12-8-6-11(7-8)5-4-10/h8H,4-7H2,1-3H3. The smallest absolute Gasteiger partial charge is 0.102 e. The summed E-state index contributed by atoms with van der Waals surface area (Å²) in [5.41, 5.74) is -0.0630. The number of likely N-dealkylation sites (tertiary alicyclic amines) is 1. The van der Waals surface area contributed by atoms with E-state index in [9.17, 15) is 4.39 Å². The van der Waals surface area contributed by atoms with E-state index in [0.29, 0.717) is 12.6 Å². The number of rotatable bonds is 3. The lowest BCUT2D eigenvalue weighted by Gasteiger charge is -2.41. The fourth-order valence-electron chi connectivity index (χ4n) is 1.40. The SMILES string of the molecule is CC(C)(C)OC1CN(CCF)C1. The third kappa shape index (κ3) is 3.07. The van der Waals surface area contributed by atoms with Gasteiger partial charge in [-0.05, 0) is 20.8 Å². The van der Waals surface area contributed by atoms with Gasteiger partial charge in [-0.2, -0.15) is 0 Å². The molecule has 0 aromatic heterocycles. The van der Waals surface area contributed by atoms with Crippen molar-refractivity contribution in [1.29, 1.82) is 0 Å². The lowest BCUT2D eigenvalue weighted by molar-refractivity contribution is -0.124. The molecule has 1 saturated heterocycles. The Kier molecular flexibility index (Phi) is 3.07. The van der Waals surface area contributed by atoms with Gasteiger partial charge in [-0.3, -0.25) is 4.90 Å². The first-order valence-corrected chi connectivity index (χ1v) is 4.47. The summed E-state index contributed by atoms with van der Waals surface area (Å²) in [6.45, 7) is 8.23. The Morgan fingerprint density at radius 3 is 2.42 bits per heavy atom. The van der Waals surface area contributed by atoms with Crippen LogP contribution in [0.25, 0.3) is 0 Å². The average molecular weight is 175 g/mol. The molecule has 0 N–H and O–H groups in total. The third-order valence-corrected chi connectivity index (χ3v) is 1.84. The lowest BCUT2D eigenvalue weighted by atomic mass is 10.1. The molecule has 0 bridgehead atoms. The maximum Gasteiger partial charge on any atom is 0.102 e. The molecule has 0 unspecified atom stereocenters. The van der Waals surface area contributed by atoms with Crippen molar-refractivity contribution in [2.75, 3.05) is 26.3 Å². The molecule has 72 valence electrons. The number of hydrogen-bond acceptors (Lipinski definition) is 2. The first-order valence-electron chi connectivity index (χ1n) is 4.47. The molecule has 0 saturated carbocycles. The van der Waals surface area contributed by atoms with E-state index in [2.05, 4.69) is 4.90 Å². The van der Waals surface area contributed by atoms with E-state index in [4.69, 9.17) is 4.74 Å². The Labute approximate surface area is 73.7 Å². The van der Waals surface area contributed by atoms with Crippen LogP contribution in [0.2, 0.25) is 0 Å². The van der Waals surface area contributed by atoms with Gasteiger partial charge in [0.2, 0.25) is 0 Å². The molecule has 1 aliphatic heterocycles. The minimum absolute atomic E-state index is 0.0630. The zero-order chi connectivity index (χ0) is 9.19. The fourth-order valence-corrected chi connectivity index (χ4v) is 1.40. The van der Waals surface area contributed by atoms with Crippen molar-refractivity contribution in [2.45, 2.75) is 32.5 Å². The summed E-state index contributed by atoms with van der Waals surface area (Å²) in [6, 6.07) is 0. The highest BCUT2D eigenvalue weighted by Gasteiger charge is 2.30. The molecule has 0 amide bonds. The van der Waals surface area contributed by atoms with Gasteiger partial charge < -0.3 is 4.74 Å². The van der Waals surface area contributed by atoms with E-state index < -0.39 is 0 Å². The zero-order valence-electron chi connectivity index (χ0n) is 8.14. The maximum absolute atomic E-state index is 11.8. The van der Waals surface area contributed by atoms with Gasteiger partial charge in [-0.15, -0.1) is 0 Å². The zero-order valence-corrected chi connectivity index (χ0v) is 8.14. The van der Waals surface area contributed by atoms with Crippen molar-refractivity contribution in [1.82, 2.24) is 4.90 Å². The van der Waals surface area contributed by atoms with Crippen molar-refractivity contribution in [2.24, 2.45) is 0 Å². The predicted molar refractivity (Wildman–Crippen MR) is 47.0 cm³/mol. The van der Waals surface area contributed by atoms with Gasteiger partial charge in [0.05, 0.1) is 11.7 Å².